The van der Waals surface area contributed by atoms with Crippen molar-refractivity contribution in [3.05, 3.63) is 0 Å². The number of carbonyl (C=O) groups excluding carboxylic acids is 1. The van der Waals surface area contributed by atoms with E-state index in [0.29, 0.717) is 37.5 Å². The van der Waals surface area contributed by atoms with E-state index < -0.39 is 11.9 Å². The summed E-state index contributed by atoms with van der Waals surface area (Å²) in [6.07, 6.45) is 0.575. The quantitative estimate of drug-likeness (QED) is 0.806. The molecule has 0 spiro atoms. The van der Waals surface area contributed by atoms with E-state index in [0.717, 1.165) is 0 Å². The van der Waals surface area contributed by atoms with Gasteiger partial charge in [-0.2, -0.15) is 0 Å². The highest BCUT2D eigenvalue weighted by Crippen LogP contribution is 2.14. The number of hydrogen-bond donors (Lipinski definition) is 2. The molecule has 122 valence electrons. The van der Waals surface area contributed by atoms with Gasteiger partial charge in [0.2, 0.25) is 0 Å². The van der Waals surface area contributed by atoms with Crippen molar-refractivity contribution in [3.8, 4) is 0 Å². The summed E-state index contributed by atoms with van der Waals surface area (Å²) in [5, 5.41) is 12.0. The van der Waals surface area contributed by atoms with E-state index in [1.165, 1.54) is 0 Å². The Balaban J connectivity index is 2.51. The lowest BCUT2D eigenvalue weighted by Gasteiger charge is -2.42. The number of likely N-dealkylation sites (N-methyl/N-ethyl adjacent to an activating group) is 1. The molecule has 0 radical (unpaired) electrons. The van der Waals surface area contributed by atoms with Crippen LogP contribution in [0, 0.1) is 11.8 Å². The fourth-order valence-corrected chi connectivity index (χ4v) is 2.73. The van der Waals surface area contributed by atoms with Gasteiger partial charge in [0, 0.05) is 31.7 Å². The SMILES string of the molecule is CC(C)CC(CNC(=O)N1CC(C)N(C)C(C)C1)C(=O)O. The van der Waals surface area contributed by atoms with E-state index in [1.54, 1.807) is 4.90 Å². The molecular weight excluding hydrogens is 270 g/mol. The van der Waals surface area contributed by atoms with Crippen LogP contribution in [0.4, 0.5) is 4.79 Å². The first-order valence-electron chi connectivity index (χ1n) is 7.69. The molecule has 6 nitrogen and oxygen atoms in total. The molecule has 1 aliphatic rings. The highest BCUT2D eigenvalue weighted by atomic mass is 16.4. The monoisotopic (exact) mass is 299 g/mol. The van der Waals surface area contributed by atoms with Gasteiger partial charge in [-0.3, -0.25) is 9.69 Å². The smallest absolute Gasteiger partial charge is 0.317 e. The zero-order chi connectivity index (χ0) is 16.2. The Bertz CT molecular complexity index is 361. The first-order valence-corrected chi connectivity index (χ1v) is 7.69. The van der Waals surface area contributed by atoms with Gasteiger partial charge in [-0.05, 0) is 33.2 Å². The third kappa shape index (κ3) is 5.19. The van der Waals surface area contributed by atoms with Crippen LogP contribution < -0.4 is 5.32 Å². The van der Waals surface area contributed by atoms with E-state index >= 15 is 0 Å². The predicted molar refractivity (Wildman–Crippen MR) is 82.2 cm³/mol. The summed E-state index contributed by atoms with van der Waals surface area (Å²) in [6.45, 7) is 9.71. The molecule has 2 N–H and O–H groups in total. The number of carboxylic acids is 1. The molecule has 1 rings (SSSR count). The second-order valence-corrected chi connectivity index (χ2v) is 6.62. The van der Waals surface area contributed by atoms with E-state index in [4.69, 9.17) is 0 Å². The fraction of sp³-hybridized carbons (Fsp3) is 0.867. The highest BCUT2D eigenvalue weighted by molar-refractivity contribution is 5.76. The Morgan fingerprint density at radius 3 is 2.19 bits per heavy atom. The molecule has 6 heteroatoms. The maximum Gasteiger partial charge on any atom is 0.317 e. The minimum Gasteiger partial charge on any atom is -0.481 e. The largest absolute Gasteiger partial charge is 0.481 e. The van der Waals surface area contributed by atoms with Gasteiger partial charge >= 0.3 is 12.0 Å². The van der Waals surface area contributed by atoms with Crippen LogP contribution in [0.3, 0.4) is 0 Å². The van der Waals surface area contributed by atoms with Crippen molar-refractivity contribution < 1.29 is 14.7 Å². The Morgan fingerprint density at radius 1 is 1.24 bits per heavy atom. The average molecular weight is 299 g/mol. The number of nitrogens with one attached hydrogen (secondary N) is 1. The molecule has 0 bridgehead atoms. The summed E-state index contributed by atoms with van der Waals surface area (Å²) in [6, 6.07) is 0.465. The molecule has 0 aromatic rings. The van der Waals surface area contributed by atoms with Gasteiger partial charge in [0.1, 0.15) is 0 Å². The van der Waals surface area contributed by atoms with E-state index in [-0.39, 0.29) is 12.6 Å². The van der Waals surface area contributed by atoms with Gasteiger partial charge in [0.05, 0.1) is 5.92 Å². The standard InChI is InChI=1S/C15H29N3O3/c1-10(2)6-13(14(19)20)7-16-15(21)18-8-11(3)17(5)12(4)9-18/h10-13H,6-9H2,1-5H3,(H,16,21)(H,19,20). The molecule has 0 aromatic heterocycles. The number of rotatable bonds is 5. The number of carboxylic acid groups (broad SMARTS) is 1. The minimum absolute atomic E-state index is 0.156. The Labute approximate surface area is 127 Å². The summed E-state index contributed by atoms with van der Waals surface area (Å²) in [5.41, 5.74) is 0. The molecule has 0 aliphatic carbocycles. The summed E-state index contributed by atoms with van der Waals surface area (Å²) in [7, 11) is 2.06. The zero-order valence-corrected chi connectivity index (χ0v) is 13.8. The molecule has 1 fully saturated rings. The van der Waals surface area contributed by atoms with Crippen molar-refractivity contribution in [2.45, 2.75) is 46.2 Å². The number of hydrogen-bond acceptors (Lipinski definition) is 3. The normalized spacial score (nSPS) is 25.0. The van der Waals surface area contributed by atoms with Crippen molar-refractivity contribution >= 4 is 12.0 Å². The molecule has 3 unspecified atom stereocenters. The van der Waals surface area contributed by atoms with Crippen molar-refractivity contribution in [1.82, 2.24) is 15.1 Å². The van der Waals surface area contributed by atoms with Crippen LogP contribution in [0.1, 0.15) is 34.1 Å². The first-order chi connectivity index (χ1) is 9.72. The maximum atomic E-state index is 12.2. The Morgan fingerprint density at radius 2 is 1.76 bits per heavy atom. The second-order valence-electron chi connectivity index (χ2n) is 6.62. The minimum atomic E-state index is -0.843. The first kappa shape index (κ1) is 17.8. The molecule has 2 amide bonds. The van der Waals surface area contributed by atoms with E-state index in [2.05, 4.69) is 31.1 Å². The van der Waals surface area contributed by atoms with Crippen LogP contribution in [-0.2, 0) is 4.79 Å². The van der Waals surface area contributed by atoms with Crippen molar-refractivity contribution in [2.75, 3.05) is 26.7 Å². The number of amides is 2. The Kier molecular flexibility index (Phi) is 6.45. The fourth-order valence-electron chi connectivity index (χ4n) is 2.73. The summed E-state index contributed by atoms with van der Waals surface area (Å²) in [5.74, 6) is -1.06. The van der Waals surface area contributed by atoms with E-state index in [9.17, 15) is 14.7 Å². The topological polar surface area (TPSA) is 72.9 Å². The molecule has 21 heavy (non-hydrogen) atoms. The van der Waals surface area contributed by atoms with E-state index in [1.807, 2.05) is 13.8 Å². The summed E-state index contributed by atoms with van der Waals surface area (Å²) >= 11 is 0. The Hall–Kier alpha value is -1.30. The lowest BCUT2D eigenvalue weighted by molar-refractivity contribution is -0.142. The van der Waals surface area contributed by atoms with Crippen LogP contribution in [0.15, 0.2) is 0 Å². The summed E-state index contributed by atoms with van der Waals surface area (Å²) in [4.78, 5) is 27.4. The zero-order valence-electron chi connectivity index (χ0n) is 13.8. The lowest BCUT2D eigenvalue weighted by Crippen LogP contribution is -2.58. The van der Waals surface area contributed by atoms with Gasteiger partial charge in [0.25, 0.3) is 0 Å². The number of nitrogens with zero attached hydrogens (tertiary/aromatic N) is 2. The van der Waals surface area contributed by atoms with Gasteiger partial charge in [0.15, 0.2) is 0 Å². The van der Waals surface area contributed by atoms with Crippen molar-refractivity contribution in [3.63, 3.8) is 0 Å². The molecule has 1 saturated heterocycles. The molecule has 1 aliphatic heterocycles. The third-order valence-corrected chi connectivity index (χ3v) is 4.25. The maximum absolute atomic E-state index is 12.2. The predicted octanol–water partition coefficient (Wildman–Crippen LogP) is 1.47. The van der Waals surface area contributed by atoms with Gasteiger partial charge < -0.3 is 15.3 Å². The van der Waals surface area contributed by atoms with Crippen molar-refractivity contribution in [1.29, 1.82) is 0 Å². The molecular formula is C15H29N3O3. The van der Waals surface area contributed by atoms with Crippen LogP contribution in [0.2, 0.25) is 0 Å². The van der Waals surface area contributed by atoms with Gasteiger partial charge in [-0.15, -0.1) is 0 Å². The van der Waals surface area contributed by atoms with Crippen LogP contribution >= 0.6 is 0 Å². The number of piperazine rings is 1. The number of carbonyl (C=O) groups is 2. The van der Waals surface area contributed by atoms with Crippen LogP contribution in [0.5, 0.6) is 0 Å². The molecule has 0 aromatic carbocycles. The van der Waals surface area contributed by atoms with Gasteiger partial charge in [-0.1, -0.05) is 13.8 Å². The number of urea groups is 1. The number of aliphatic carboxylic acids is 1. The van der Waals surface area contributed by atoms with Crippen LogP contribution in [0.25, 0.3) is 0 Å². The highest BCUT2D eigenvalue weighted by Gasteiger charge is 2.30. The molecule has 3 atom stereocenters. The second kappa shape index (κ2) is 7.64. The molecule has 1 heterocycles. The average Bonchev–Trinajstić information content (AvgIpc) is 2.39. The van der Waals surface area contributed by atoms with Gasteiger partial charge in [-0.25, -0.2) is 4.79 Å². The van der Waals surface area contributed by atoms with Crippen LogP contribution in [-0.4, -0.2) is 65.7 Å². The lowest BCUT2D eigenvalue weighted by atomic mass is 9.97. The van der Waals surface area contributed by atoms with Crippen molar-refractivity contribution in [2.24, 2.45) is 11.8 Å². The summed E-state index contributed by atoms with van der Waals surface area (Å²) < 4.78 is 0. The third-order valence-electron chi connectivity index (χ3n) is 4.25. The molecule has 0 saturated carbocycles.